The summed E-state index contributed by atoms with van der Waals surface area (Å²) in [5.74, 6) is -0.537. The molecule has 3 N–H and O–H groups in total. The van der Waals surface area contributed by atoms with Gasteiger partial charge in [0, 0.05) is 22.0 Å². The fraction of sp³-hybridized carbons (Fsp3) is 0.0714. The molecule has 0 radical (unpaired) electrons. The van der Waals surface area contributed by atoms with Crippen molar-refractivity contribution in [2.24, 2.45) is 0 Å². The number of nitrogen functional groups attached to an aromatic ring is 1. The number of hydrogen-bond acceptors (Lipinski definition) is 2. The fourth-order valence-electron chi connectivity index (χ4n) is 1.68. The van der Waals surface area contributed by atoms with Crippen LogP contribution >= 0.6 is 11.6 Å². The summed E-state index contributed by atoms with van der Waals surface area (Å²) in [6, 6.07) is 9.17. The average Bonchev–Trinajstić information content (AvgIpc) is 2.40. The molecule has 2 aromatic rings. The number of carbonyl (C=O) groups excluding carboxylic acids is 1. The molecule has 0 unspecified atom stereocenters. The van der Waals surface area contributed by atoms with Gasteiger partial charge in [0.15, 0.2) is 0 Å². The molecule has 0 aliphatic heterocycles. The number of nitrogens with one attached hydrogen (secondary N) is 1. The van der Waals surface area contributed by atoms with Crippen molar-refractivity contribution in [3.63, 3.8) is 0 Å². The highest BCUT2D eigenvalue weighted by atomic mass is 35.5. The molecule has 110 valence electrons. The highest BCUT2D eigenvalue weighted by Gasteiger charge is 2.33. The maximum absolute atomic E-state index is 12.7. The zero-order valence-corrected chi connectivity index (χ0v) is 11.3. The number of carbonyl (C=O) groups is 1. The molecular weight excluding hydrogens is 305 g/mol. The van der Waals surface area contributed by atoms with E-state index in [0.717, 1.165) is 12.1 Å². The Bertz CT molecular complexity index is 669. The summed E-state index contributed by atoms with van der Waals surface area (Å²) in [4.78, 5) is 11.9. The van der Waals surface area contributed by atoms with Gasteiger partial charge in [-0.3, -0.25) is 4.79 Å². The van der Waals surface area contributed by atoms with Crippen molar-refractivity contribution in [3.05, 3.63) is 58.6 Å². The molecule has 0 heterocycles. The highest BCUT2D eigenvalue weighted by Crippen LogP contribution is 2.35. The lowest BCUT2D eigenvalue weighted by Crippen LogP contribution is -2.14. The van der Waals surface area contributed by atoms with E-state index in [1.807, 2.05) is 0 Å². The first-order valence-electron chi connectivity index (χ1n) is 5.81. The SMILES string of the molecule is Nc1ccc(NC(=O)c2ccc(Cl)cc2)cc1C(F)(F)F. The predicted octanol–water partition coefficient (Wildman–Crippen LogP) is 4.19. The van der Waals surface area contributed by atoms with Gasteiger partial charge in [-0.2, -0.15) is 13.2 Å². The minimum Gasteiger partial charge on any atom is -0.398 e. The number of alkyl halides is 3. The first-order chi connectivity index (χ1) is 9.77. The molecular formula is C14H10ClF3N2O. The van der Waals surface area contributed by atoms with Crippen LogP contribution in [0.1, 0.15) is 15.9 Å². The van der Waals surface area contributed by atoms with E-state index < -0.39 is 23.3 Å². The van der Waals surface area contributed by atoms with Crippen molar-refractivity contribution in [1.82, 2.24) is 0 Å². The third-order valence-corrected chi connectivity index (χ3v) is 2.97. The highest BCUT2D eigenvalue weighted by molar-refractivity contribution is 6.30. The van der Waals surface area contributed by atoms with Gasteiger partial charge in [0.25, 0.3) is 5.91 Å². The number of rotatable bonds is 2. The van der Waals surface area contributed by atoms with Crippen LogP contribution in [-0.2, 0) is 6.18 Å². The van der Waals surface area contributed by atoms with E-state index in [1.54, 1.807) is 0 Å². The summed E-state index contributed by atoms with van der Waals surface area (Å²) in [6.45, 7) is 0. The lowest BCUT2D eigenvalue weighted by molar-refractivity contribution is -0.136. The van der Waals surface area contributed by atoms with Gasteiger partial charge in [0.05, 0.1) is 5.56 Å². The van der Waals surface area contributed by atoms with Gasteiger partial charge in [0.2, 0.25) is 0 Å². The van der Waals surface area contributed by atoms with Crippen molar-refractivity contribution in [2.75, 3.05) is 11.1 Å². The zero-order valence-electron chi connectivity index (χ0n) is 10.5. The van der Waals surface area contributed by atoms with Crippen LogP contribution in [0, 0.1) is 0 Å². The van der Waals surface area contributed by atoms with Crippen molar-refractivity contribution >= 4 is 28.9 Å². The Morgan fingerprint density at radius 3 is 2.29 bits per heavy atom. The minimum absolute atomic E-state index is 0.0106. The molecule has 7 heteroatoms. The van der Waals surface area contributed by atoms with Crippen LogP contribution in [0.3, 0.4) is 0 Å². The van der Waals surface area contributed by atoms with Gasteiger partial charge in [-0.1, -0.05) is 11.6 Å². The van der Waals surface area contributed by atoms with Gasteiger partial charge < -0.3 is 11.1 Å². The summed E-state index contributed by atoms with van der Waals surface area (Å²) < 4.78 is 38.2. The van der Waals surface area contributed by atoms with Crippen LogP contribution in [0.2, 0.25) is 5.02 Å². The number of nitrogens with two attached hydrogens (primary N) is 1. The van der Waals surface area contributed by atoms with Gasteiger partial charge in [-0.15, -0.1) is 0 Å². The van der Waals surface area contributed by atoms with E-state index in [-0.39, 0.29) is 11.3 Å². The van der Waals surface area contributed by atoms with E-state index in [9.17, 15) is 18.0 Å². The van der Waals surface area contributed by atoms with Gasteiger partial charge in [-0.25, -0.2) is 0 Å². The average molecular weight is 315 g/mol. The van der Waals surface area contributed by atoms with Gasteiger partial charge in [-0.05, 0) is 42.5 Å². The Balaban J connectivity index is 2.24. The third kappa shape index (κ3) is 3.66. The standard InChI is InChI=1S/C14H10ClF3N2O/c15-9-3-1-8(2-4-9)13(21)20-10-5-6-12(19)11(7-10)14(16,17)18/h1-7H,19H2,(H,20,21). The molecule has 1 amide bonds. The van der Waals surface area contributed by atoms with Crippen molar-refractivity contribution < 1.29 is 18.0 Å². The second-order valence-corrected chi connectivity index (χ2v) is 4.70. The summed E-state index contributed by atoms with van der Waals surface area (Å²) in [7, 11) is 0. The Labute approximate surface area is 123 Å². The van der Waals surface area contributed by atoms with Gasteiger partial charge >= 0.3 is 6.18 Å². The molecule has 0 saturated heterocycles. The second-order valence-electron chi connectivity index (χ2n) is 4.26. The molecule has 3 nitrogen and oxygen atoms in total. The summed E-state index contributed by atoms with van der Waals surface area (Å²) in [5.41, 5.74) is 4.19. The molecule has 0 saturated carbocycles. The van der Waals surface area contributed by atoms with E-state index in [0.29, 0.717) is 5.02 Å². The monoisotopic (exact) mass is 314 g/mol. The quantitative estimate of drug-likeness (QED) is 0.816. The second kappa shape index (κ2) is 5.65. The van der Waals surface area contributed by atoms with E-state index in [1.165, 1.54) is 30.3 Å². The van der Waals surface area contributed by atoms with Crippen molar-refractivity contribution in [3.8, 4) is 0 Å². The largest absolute Gasteiger partial charge is 0.418 e. The molecule has 0 aliphatic rings. The normalized spacial score (nSPS) is 11.2. The Morgan fingerprint density at radius 2 is 1.71 bits per heavy atom. The molecule has 2 aromatic carbocycles. The Kier molecular flexibility index (Phi) is 4.09. The lowest BCUT2D eigenvalue weighted by Gasteiger charge is -2.12. The van der Waals surface area contributed by atoms with Crippen molar-refractivity contribution in [2.45, 2.75) is 6.18 Å². The molecule has 0 fully saturated rings. The van der Waals surface area contributed by atoms with Crippen LogP contribution in [0.5, 0.6) is 0 Å². The van der Waals surface area contributed by atoms with Crippen LogP contribution in [0.4, 0.5) is 24.5 Å². The fourth-order valence-corrected chi connectivity index (χ4v) is 1.81. The summed E-state index contributed by atoms with van der Waals surface area (Å²) in [5, 5.41) is 2.84. The van der Waals surface area contributed by atoms with E-state index >= 15 is 0 Å². The number of anilines is 2. The smallest absolute Gasteiger partial charge is 0.398 e. The topological polar surface area (TPSA) is 55.1 Å². The van der Waals surface area contributed by atoms with E-state index in [2.05, 4.69) is 5.32 Å². The van der Waals surface area contributed by atoms with Crippen LogP contribution in [0.15, 0.2) is 42.5 Å². The molecule has 2 rings (SSSR count). The zero-order chi connectivity index (χ0) is 15.6. The summed E-state index contributed by atoms with van der Waals surface area (Å²) >= 11 is 5.69. The minimum atomic E-state index is -4.58. The maximum Gasteiger partial charge on any atom is 0.418 e. The van der Waals surface area contributed by atoms with Gasteiger partial charge in [0.1, 0.15) is 0 Å². The molecule has 0 atom stereocenters. The lowest BCUT2D eigenvalue weighted by atomic mass is 10.1. The van der Waals surface area contributed by atoms with Crippen LogP contribution < -0.4 is 11.1 Å². The number of hydrogen-bond donors (Lipinski definition) is 2. The third-order valence-electron chi connectivity index (χ3n) is 2.72. The first kappa shape index (κ1) is 15.2. The predicted molar refractivity (Wildman–Crippen MR) is 75.3 cm³/mol. The molecule has 0 spiro atoms. The molecule has 0 bridgehead atoms. The first-order valence-corrected chi connectivity index (χ1v) is 6.19. The summed E-state index contributed by atoms with van der Waals surface area (Å²) in [6.07, 6.45) is -4.58. The Morgan fingerprint density at radius 1 is 1.10 bits per heavy atom. The number of halogens is 4. The maximum atomic E-state index is 12.7. The molecule has 0 aromatic heterocycles. The van der Waals surface area contributed by atoms with E-state index in [4.69, 9.17) is 17.3 Å². The van der Waals surface area contributed by atoms with Crippen LogP contribution in [-0.4, -0.2) is 5.91 Å². The Hall–Kier alpha value is -2.21. The van der Waals surface area contributed by atoms with Crippen molar-refractivity contribution in [1.29, 1.82) is 0 Å². The molecule has 0 aliphatic carbocycles. The number of amides is 1. The number of benzene rings is 2. The molecule has 21 heavy (non-hydrogen) atoms. The van der Waals surface area contributed by atoms with Crippen LogP contribution in [0.25, 0.3) is 0 Å².